The minimum Gasteiger partial charge on any atom is -0.295 e. The third-order valence-electron chi connectivity index (χ3n) is 4.70. The highest BCUT2D eigenvalue weighted by molar-refractivity contribution is 5.94. The second-order valence-electron chi connectivity index (χ2n) is 6.70. The molecule has 2 aromatic rings. The van der Waals surface area contributed by atoms with Crippen molar-refractivity contribution >= 4 is 17.3 Å². The number of carbonyl (C=O) groups excluding carboxylic acids is 1. The highest BCUT2D eigenvalue weighted by atomic mass is 19.1. The van der Waals surface area contributed by atoms with E-state index < -0.39 is 0 Å². The van der Waals surface area contributed by atoms with Crippen molar-refractivity contribution in [2.24, 2.45) is 0 Å². The van der Waals surface area contributed by atoms with Gasteiger partial charge in [-0.3, -0.25) is 14.8 Å². The minimum absolute atomic E-state index is 0.0141. The fourth-order valence-corrected chi connectivity index (χ4v) is 3.44. The molecule has 0 saturated carbocycles. The van der Waals surface area contributed by atoms with Crippen LogP contribution < -0.4 is 4.90 Å². The van der Waals surface area contributed by atoms with E-state index in [2.05, 4.69) is 16.1 Å². The van der Waals surface area contributed by atoms with Crippen molar-refractivity contribution in [2.75, 3.05) is 11.4 Å². The van der Waals surface area contributed by atoms with E-state index in [0.717, 1.165) is 28.8 Å². The Bertz CT molecular complexity index is 928. The van der Waals surface area contributed by atoms with Gasteiger partial charge >= 0.3 is 0 Å². The molecule has 4 nitrogen and oxygen atoms in total. The van der Waals surface area contributed by atoms with Gasteiger partial charge in [0.05, 0.1) is 5.69 Å². The van der Waals surface area contributed by atoms with Crippen LogP contribution in [0.1, 0.15) is 42.5 Å². The number of allylic oxidation sites excluding steroid dienone is 4. The Balaban J connectivity index is 1.77. The Hall–Kier alpha value is -3.13. The maximum Gasteiger partial charge on any atom is 0.228 e. The maximum atomic E-state index is 13.7. The third-order valence-corrected chi connectivity index (χ3v) is 4.70. The van der Waals surface area contributed by atoms with E-state index >= 15 is 0 Å². The van der Waals surface area contributed by atoms with Crippen LogP contribution >= 0.6 is 0 Å². The van der Waals surface area contributed by atoms with Crippen LogP contribution in [0, 0.1) is 25.1 Å². The number of aryl methyl sites for hydroxylation is 1. The van der Waals surface area contributed by atoms with Gasteiger partial charge in [0.25, 0.3) is 0 Å². The van der Waals surface area contributed by atoms with Crippen molar-refractivity contribution in [3.05, 3.63) is 65.1 Å². The fourth-order valence-electron chi connectivity index (χ4n) is 3.44. The molecule has 1 fully saturated rings. The molecule has 1 atom stereocenters. The van der Waals surface area contributed by atoms with Gasteiger partial charge in [-0.1, -0.05) is 24.1 Å². The molecule has 1 aliphatic rings. The smallest absolute Gasteiger partial charge is 0.228 e. The van der Waals surface area contributed by atoms with Crippen LogP contribution in [0.2, 0.25) is 0 Å². The molecule has 138 valence electrons. The third kappa shape index (κ3) is 4.17. The summed E-state index contributed by atoms with van der Waals surface area (Å²) in [7, 11) is 0. The zero-order valence-electron chi connectivity index (χ0n) is 15.5. The molecule has 0 radical (unpaired) electrons. The number of aromatic amines is 1. The zero-order valence-corrected chi connectivity index (χ0v) is 15.5. The average molecular weight is 363 g/mol. The topological polar surface area (TPSA) is 49.0 Å². The first-order valence-electron chi connectivity index (χ1n) is 8.94. The Labute approximate surface area is 158 Å². The molecule has 27 heavy (non-hydrogen) atoms. The van der Waals surface area contributed by atoms with Crippen molar-refractivity contribution in [3.63, 3.8) is 0 Å². The Kier molecular flexibility index (Phi) is 5.56. The van der Waals surface area contributed by atoms with Crippen LogP contribution in [0.25, 0.3) is 5.57 Å². The standard InChI is InChI=1S/C22H22FN3O/c1-4-6-16(7-5-2)20-14-21(25-24-20)26-9-8-17(13-22(26)27)18-10-15(3)11-19(23)12-18/h1,5-7,10-12,14,17H,8-9,13H2,2-3H3,(H,24,25)/b7-5-,16-6+. The normalized spacial score (nSPS) is 18.1. The minimum atomic E-state index is -0.256. The van der Waals surface area contributed by atoms with Crippen molar-refractivity contribution in [3.8, 4) is 12.3 Å². The molecular formula is C22H22FN3O. The van der Waals surface area contributed by atoms with Crippen LogP contribution in [-0.2, 0) is 4.79 Å². The molecule has 0 aliphatic carbocycles. The number of anilines is 1. The van der Waals surface area contributed by atoms with Gasteiger partial charge in [-0.05, 0) is 55.5 Å². The molecule has 1 amide bonds. The number of aromatic nitrogens is 2. The molecule has 1 N–H and O–H groups in total. The van der Waals surface area contributed by atoms with E-state index in [-0.39, 0.29) is 17.6 Å². The van der Waals surface area contributed by atoms with Crippen LogP contribution in [0.5, 0.6) is 0 Å². The molecule has 5 heteroatoms. The van der Waals surface area contributed by atoms with Gasteiger partial charge in [0, 0.05) is 24.6 Å². The maximum absolute atomic E-state index is 13.7. The summed E-state index contributed by atoms with van der Waals surface area (Å²) in [5.41, 5.74) is 3.34. The number of piperidine rings is 1. The van der Waals surface area contributed by atoms with E-state index in [1.165, 1.54) is 12.1 Å². The number of rotatable bonds is 4. The number of hydrogen-bond donors (Lipinski definition) is 1. The van der Waals surface area contributed by atoms with E-state index in [9.17, 15) is 9.18 Å². The highest BCUT2D eigenvalue weighted by Crippen LogP contribution is 2.32. The Morgan fingerprint density at radius 2 is 2.22 bits per heavy atom. The number of H-pyrrole nitrogens is 1. The zero-order chi connectivity index (χ0) is 19.4. The molecule has 1 saturated heterocycles. The SMILES string of the molecule is C#C/C=C(\C=C/C)c1cc(N2CCC(c3cc(C)cc(F)c3)CC2=O)n[nH]1. The second kappa shape index (κ2) is 8.05. The lowest BCUT2D eigenvalue weighted by Crippen LogP contribution is -2.38. The molecule has 3 rings (SSSR count). The van der Waals surface area contributed by atoms with Crippen LogP contribution in [-0.4, -0.2) is 22.6 Å². The lowest BCUT2D eigenvalue weighted by molar-refractivity contribution is -0.120. The first-order chi connectivity index (χ1) is 13.0. The number of amides is 1. The van der Waals surface area contributed by atoms with Crippen LogP contribution in [0.3, 0.4) is 0 Å². The number of nitrogens with zero attached hydrogens (tertiary/aromatic N) is 2. The summed E-state index contributed by atoms with van der Waals surface area (Å²) < 4.78 is 13.7. The quantitative estimate of drug-likeness (QED) is 0.648. The second-order valence-corrected chi connectivity index (χ2v) is 6.70. The summed E-state index contributed by atoms with van der Waals surface area (Å²) in [6.07, 6.45) is 11.9. The summed E-state index contributed by atoms with van der Waals surface area (Å²) in [5.74, 6) is 2.85. The van der Waals surface area contributed by atoms with Gasteiger partial charge < -0.3 is 0 Å². The van der Waals surface area contributed by atoms with Gasteiger partial charge in [-0.15, -0.1) is 6.42 Å². The van der Waals surface area contributed by atoms with Crippen molar-refractivity contribution in [1.29, 1.82) is 0 Å². The molecule has 0 bridgehead atoms. The van der Waals surface area contributed by atoms with Crippen molar-refractivity contribution in [2.45, 2.75) is 32.6 Å². The molecular weight excluding hydrogens is 341 g/mol. The van der Waals surface area contributed by atoms with Crippen molar-refractivity contribution in [1.82, 2.24) is 10.2 Å². The Morgan fingerprint density at radius 3 is 2.89 bits per heavy atom. The number of terminal acetylenes is 1. The summed E-state index contributed by atoms with van der Waals surface area (Å²) in [5, 5.41) is 7.22. The lowest BCUT2D eigenvalue weighted by Gasteiger charge is -2.30. The highest BCUT2D eigenvalue weighted by Gasteiger charge is 2.29. The summed E-state index contributed by atoms with van der Waals surface area (Å²) in [6, 6.07) is 6.81. The van der Waals surface area contributed by atoms with Gasteiger partial charge in [-0.2, -0.15) is 5.10 Å². The van der Waals surface area contributed by atoms with E-state index in [4.69, 9.17) is 6.42 Å². The van der Waals surface area contributed by atoms with Gasteiger partial charge in [0.1, 0.15) is 5.82 Å². The summed E-state index contributed by atoms with van der Waals surface area (Å²) in [4.78, 5) is 14.4. The van der Waals surface area contributed by atoms with E-state index in [1.54, 1.807) is 11.0 Å². The number of benzene rings is 1. The Morgan fingerprint density at radius 1 is 1.41 bits per heavy atom. The molecule has 1 aliphatic heterocycles. The molecule has 1 aromatic carbocycles. The number of nitrogens with one attached hydrogen (secondary N) is 1. The first-order valence-corrected chi connectivity index (χ1v) is 8.94. The number of halogens is 1. The van der Waals surface area contributed by atoms with E-state index in [1.807, 2.05) is 38.1 Å². The van der Waals surface area contributed by atoms with Crippen molar-refractivity contribution < 1.29 is 9.18 Å². The van der Waals surface area contributed by atoms with Crippen LogP contribution in [0.4, 0.5) is 10.2 Å². The molecule has 2 heterocycles. The molecule has 0 spiro atoms. The van der Waals surface area contributed by atoms with Gasteiger partial charge in [-0.25, -0.2) is 4.39 Å². The number of hydrogen-bond acceptors (Lipinski definition) is 2. The fraction of sp³-hybridized carbons (Fsp3) is 0.273. The van der Waals surface area contributed by atoms with Crippen LogP contribution in [0.15, 0.2) is 42.5 Å². The molecule has 1 aromatic heterocycles. The van der Waals surface area contributed by atoms with E-state index in [0.29, 0.717) is 18.8 Å². The number of carbonyl (C=O) groups is 1. The predicted octanol–water partition coefficient (Wildman–Crippen LogP) is 4.36. The molecule has 1 unspecified atom stereocenters. The summed E-state index contributed by atoms with van der Waals surface area (Å²) >= 11 is 0. The largest absolute Gasteiger partial charge is 0.295 e. The first kappa shape index (κ1) is 18.7. The van der Waals surface area contributed by atoms with Gasteiger partial charge in [0.2, 0.25) is 5.91 Å². The summed E-state index contributed by atoms with van der Waals surface area (Å²) in [6.45, 7) is 4.31. The predicted molar refractivity (Wildman–Crippen MR) is 106 cm³/mol. The van der Waals surface area contributed by atoms with Gasteiger partial charge in [0.15, 0.2) is 5.82 Å². The lowest BCUT2D eigenvalue weighted by atomic mass is 9.88. The monoisotopic (exact) mass is 363 g/mol. The average Bonchev–Trinajstić information content (AvgIpc) is 3.10.